The van der Waals surface area contributed by atoms with Gasteiger partial charge in [-0.25, -0.2) is 4.98 Å². The van der Waals surface area contributed by atoms with Gasteiger partial charge in [-0.1, -0.05) is 6.07 Å². The van der Waals surface area contributed by atoms with E-state index in [1.807, 2.05) is 57.2 Å². The van der Waals surface area contributed by atoms with E-state index in [1.54, 1.807) is 11.1 Å². The fourth-order valence-electron chi connectivity index (χ4n) is 2.94. The van der Waals surface area contributed by atoms with Crippen LogP contribution in [0, 0.1) is 12.8 Å². The average Bonchev–Trinajstić information content (AvgIpc) is 2.99. The van der Waals surface area contributed by atoms with E-state index in [1.165, 1.54) is 0 Å². The van der Waals surface area contributed by atoms with Crippen molar-refractivity contribution in [2.45, 2.75) is 33.3 Å². The number of carbonyl (C=O) groups is 2. The number of rotatable bonds is 5. The van der Waals surface area contributed by atoms with E-state index in [2.05, 4.69) is 10.3 Å². The van der Waals surface area contributed by atoms with Gasteiger partial charge in [-0.05, 0) is 56.7 Å². The van der Waals surface area contributed by atoms with Crippen LogP contribution < -0.4 is 15.0 Å². The molecule has 0 bridgehead atoms. The predicted molar refractivity (Wildman–Crippen MR) is 100 cm³/mol. The van der Waals surface area contributed by atoms with Crippen molar-refractivity contribution in [1.82, 2.24) is 4.98 Å². The molecule has 136 valence electrons. The summed E-state index contributed by atoms with van der Waals surface area (Å²) in [7, 11) is 0. The van der Waals surface area contributed by atoms with Crippen molar-refractivity contribution < 1.29 is 14.3 Å². The number of benzene rings is 1. The van der Waals surface area contributed by atoms with Gasteiger partial charge in [0.25, 0.3) is 0 Å². The number of carbonyl (C=O) groups excluding carboxylic acids is 2. The molecule has 6 heteroatoms. The largest absolute Gasteiger partial charge is 0.491 e. The van der Waals surface area contributed by atoms with Crippen molar-refractivity contribution in [3.05, 3.63) is 48.2 Å². The molecule has 2 aromatic rings. The molecule has 1 N–H and O–H groups in total. The average molecular weight is 353 g/mol. The Morgan fingerprint density at radius 2 is 2.00 bits per heavy atom. The van der Waals surface area contributed by atoms with Gasteiger partial charge in [0.05, 0.1) is 12.0 Å². The van der Waals surface area contributed by atoms with Crippen molar-refractivity contribution >= 4 is 23.3 Å². The molecule has 0 saturated carbocycles. The Morgan fingerprint density at radius 3 is 2.65 bits per heavy atom. The Balaban J connectivity index is 1.66. The molecule has 1 atom stereocenters. The zero-order valence-electron chi connectivity index (χ0n) is 15.2. The van der Waals surface area contributed by atoms with Crippen LogP contribution in [0.15, 0.2) is 42.6 Å². The molecule has 3 rings (SSSR count). The number of aryl methyl sites for hydroxylation is 1. The van der Waals surface area contributed by atoms with Gasteiger partial charge in [-0.15, -0.1) is 0 Å². The Bertz CT molecular complexity index is 802. The number of hydrogen-bond acceptors (Lipinski definition) is 4. The number of aromatic nitrogens is 1. The molecule has 0 radical (unpaired) electrons. The standard InChI is InChI=1S/C20H23N3O3/c1-13(2)26-17-8-6-16(7-9-17)23-12-15(11-18(23)24)20(25)22-19-14(3)5-4-10-21-19/h4-10,13,15H,11-12H2,1-3H3,(H,21,22,25)/t15-/m1/s1. The summed E-state index contributed by atoms with van der Waals surface area (Å²) in [6.07, 6.45) is 1.93. The van der Waals surface area contributed by atoms with Gasteiger partial charge in [-0.3, -0.25) is 9.59 Å². The smallest absolute Gasteiger partial charge is 0.230 e. The number of nitrogens with zero attached hydrogens (tertiary/aromatic N) is 2. The molecule has 1 aliphatic heterocycles. The maximum absolute atomic E-state index is 12.5. The monoisotopic (exact) mass is 353 g/mol. The van der Waals surface area contributed by atoms with Gasteiger partial charge in [0, 0.05) is 24.8 Å². The number of nitrogens with one attached hydrogen (secondary N) is 1. The van der Waals surface area contributed by atoms with E-state index >= 15 is 0 Å². The van der Waals surface area contributed by atoms with Crippen LogP contribution in [0.3, 0.4) is 0 Å². The maximum atomic E-state index is 12.5. The first-order valence-electron chi connectivity index (χ1n) is 8.73. The van der Waals surface area contributed by atoms with Crippen LogP contribution in [0.2, 0.25) is 0 Å². The predicted octanol–water partition coefficient (Wildman–Crippen LogP) is 3.17. The molecule has 2 heterocycles. The Labute approximate surface area is 153 Å². The quantitative estimate of drug-likeness (QED) is 0.896. The van der Waals surface area contributed by atoms with Crippen LogP contribution in [0.25, 0.3) is 0 Å². The van der Waals surface area contributed by atoms with Crippen molar-refractivity contribution in [2.75, 3.05) is 16.8 Å². The first-order valence-corrected chi connectivity index (χ1v) is 8.73. The summed E-state index contributed by atoms with van der Waals surface area (Å²) in [6, 6.07) is 11.1. The van der Waals surface area contributed by atoms with Gasteiger partial charge >= 0.3 is 0 Å². The highest BCUT2D eigenvalue weighted by molar-refractivity contribution is 6.03. The van der Waals surface area contributed by atoms with E-state index in [0.29, 0.717) is 12.4 Å². The molecule has 1 fully saturated rings. The lowest BCUT2D eigenvalue weighted by atomic mass is 10.1. The van der Waals surface area contributed by atoms with Gasteiger partial charge in [0.1, 0.15) is 11.6 Å². The SMILES string of the molecule is Cc1cccnc1NC(=O)[C@@H]1CC(=O)N(c2ccc(OC(C)C)cc2)C1. The van der Waals surface area contributed by atoms with Crippen molar-refractivity contribution in [1.29, 1.82) is 0 Å². The molecular formula is C20H23N3O3. The van der Waals surface area contributed by atoms with E-state index in [4.69, 9.17) is 4.74 Å². The lowest BCUT2D eigenvalue weighted by Crippen LogP contribution is -2.28. The summed E-state index contributed by atoms with van der Waals surface area (Å²) >= 11 is 0. The first kappa shape index (κ1) is 17.9. The Hall–Kier alpha value is -2.89. The van der Waals surface area contributed by atoms with E-state index in [0.717, 1.165) is 17.0 Å². The topological polar surface area (TPSA) is 71.5 Å². The highest BCUT2D eigenvalue weighted by Gasteiger charge is 2.35. The zero-order chi connectivity index (χ0) is 18.7. The normalized spacial score (nSPS) is 16.8. The lowest BCUT2D eigenvalue weighted by molar-refractivity contribution is -0.122. The summed E-state index contributed by atoms with van der Waals surface area (Å²) < 4.78 is 5.62. The molecule has 1 aliphatic rings. The van der Waals surface area contributed by atoms with Gasteiger partial charge in [0.15, 0.2) is 0 Å². The number of hydrogen-bond donors (Lipinski definition) is 1. The van der Waals surface area contributed by atoms with Crippen LogP contribution in [0.1, 0.15) is 25.8 Å². The summed E-state index contributed by atoms with van der Waals surface area (Å²) in [5.74, 6) is 0.673. The number of amides is 2. The third kappa shape index (κ3) is 4.02. The molecule has 1 saturated heterocycles. The molecule has 0 spiro atoms. The molecule has 26 heavy (non-hydrogen) atoms. The summed E-state index contributed by atoms with van der Waals surface area (Å²) in [5, 5.41) is 2.83. The molecule has 0 unspecified atom stereocenters. The van der Waals surface area contributed by atoms with Crippen molar-refractivity contribution in [3.63, 3.8) is 0 Å². The summed E-state index contributed by atoms with van der Waals surface area (Å²) in [5.41, 5.74) is 1.66. The molecule has 1 aromatic heterocycles. The van der Waals surface area contributed by atoms with Crippen LogP contribution in [-0.2, 0) is 9.59 Å². The number of anilines is 2. The van der Waals surface area contributed by atoms with E-state index in [-0.39, 0.29) is 24.3 Å². The molecule has 2 amide bonds. The third-order valence-corrected chi connectivity index (χ3v) is 4.27. The highest BCUT2D eigenvalue weighted by Crippen LogP contribution is 2.28. The second-order valence-electron chi connectivity index (χ2n) is 6.72. The third-order valence-electron chi connectivity index (χ3n) is 4.27. The second kappa shape index (κ2) is 7.56. The zero-order valence-corrected chi connectivity index (χ0v) is 15.2. The van der Waals surface area contributed by atoms with Gasteiger partial charge < -0.3 is 15.0 Å². The molecule has 0 aliphatic carbocycles. The van der Waals surface area contributed by atoms with Crippen LogP contribution in [0.5, 0.6) is 5.75 Å². The summed E-state index contributed by atoms with van der Waals surface area (Å²) in [4.78, 5) is 30.7. The minimum atomic E-state index is -0.393. The maximum Gasteiger partial charge on any atom is 0.230 e. The van der Waals surface area contributed by atoms with Crippen molar-refractivity contribution in [3.8, 4) is 5.75 Å². The van der Waals surface area contributed by atoms with Gasteiger partial charge in [0.2, 0.25) is 11.8 Å². The van der Waals surface area contributed by atoms with Gasteiger partial charge in [-0.2, -0.15) is 0 Å². The minimum absolute atomic E-state index is 0.0552. The van der Waals surface area contributed by atoms with Crippen molar-refractivity contribution in [2.24, 2.45) is 5.92 Å². The Kier molecular flexibility index (Phi) is 5.21. The van der Waals surface area contributed by atoms with Crippen LogP contribution in [-0.4, -0.2) is 29.4 Å². The number of ether oxygens (including phenoxy) is 1. The van der Waals surface area contributed by atoms with Crippen LogP contribution in [0.4, 0.5) is 11.5 Å². The lowest BCUT2D eigenvalue weighted by Gasteiger charge is -2.18. The summed E-state index contributed by atoms with van der Waals surface area (Å²) in [6.45, 7) is 6.17. The molecule has 1 aromatic carbocycles. The second-order valence-corrected chi connectivity index (χ2v) is 6.72. The highest BCUT2D eigenvalue weighted by atomic mass is 16.5. The van der Waals surface area contributed by atoms with Crippen LogP contribution >= 0.6 is 0 Å². The minimum Gasteiger partial charge on any atom is -0.491 e. The molecule has 6 nitrogen and oxygen atoms in total. The van der Waals surface area contributed by atoms with E-state index in [9.17, 15) is 9.59 Å². The fraction of sp³-hybridized carbons (Fsp3) is 0.350. The molecular weight excluding hydrogens is 330 g/mol. The fourth-order valence-corrected chi connectivity index (χ4v) is 2.94. The number of pyridine rings is 1. The first-order chi connectivity index (χ1) is 12.4. The Morgan fingerprint density at radius 1 is 1.27 bits per heavy atom. The van der Waals surface area contributed by atoms with E-state index < -0.39 is 5.92 Å².